The first-order chi connectivity index (χ1) is 4.33. The highest BCUT2D eigenvalue weighted by Crippen LogP contribution is 2.04. The molecule has 0 unspecified atom stereocenters. The van der Waals surface area contributed by atoms with Crippen molar-refractivity contribution in [3.05, 3.63) is 36.6 Å². The molecule has 0 aliphatic carbocycles. The summed E-state index contributed by atoms with van der Waals surface area (Å²) in [6.45, 7) is 11.7. The molecular formula is C6H3N3. The van der Waals surface area contributed by atoms with Gasteiger partial charge in [-0.1, -0.05) is 0 Å². The highest BCUT2D eigenvalue weighted by molar-refractivity contribution is 5.38. The van der Waals surface area contributed by atoms with Crippen molar-refractivity contribution in [2.24, 2.45) is 0 Å². The van der Waals surface area contributed by atoms with Crippen molar-refractivity contribution in [2.75, 3.05) is 0 Å². The first-order valence-corrected chi connectivity index (χ1v) is 2.28. The van der Waals surface area contributed by atoms with Gasteiger partial charge in [-0.2, -0.15) is 0 Å². The molecule has 0 aliphatic heterocycles. The monoisotopic (exact) mass is 117 g/mol. The molecule has 0 saturated carbocycles. The second-order valence-electron chi connectivity index (χ2n) is 1.41. The largest absolute Gasteiger partial charge is 0.253 e. The van der Waals surface area contributed by atoms with E-state index in [0.29, 0.717) is 5.69 Å². The predicted octanol–water partition coefficient (Wildman–Crippen LogP) is 1.09. The predicted molar refractivity (Wildman–Crippen MR) is 31.7 cm³/mol. The summed E-state index contributed by atoms with van der Waals surface area (Å²) in [7, 11) is 0. The lowest BCUT2D eigenvalue weighted by Crippen LogP contribution is -1.81. The first-order valence-electron chi connectivity index (χ1n) is 2.28. The van der Waals surface area contributed by atoms with Gasteiger partial charge >= 0.3 is 0 Å². The van der Waals surface area contributed by atoms with Crippen molar-refractivity contribution in [1.82, 2.24) is 9.97 Å². The van der Waals surface area contributed by atoms with Gasteiger partial charge in [0, 0.05) is 19.3 Å². The van der Waals surface area contributed by atoms with Gasteiger partial charge in [-0.15, -0.1) is 0 Å². The van der Waals surface area contributed by atoms with Crippen molar-refractivity contribution in [2.45, 2.75) is 0 Å². The quantitative estimate of drug-likeness (QED) is 0.476. The van der Waals surface area contributed by atoms with Gasteiger partial charge in [0.1, 0.15) is 5.82 Å². The van der Waals surface area contributed by atoms with Gasteiger partial charge in [0.05, 0.1) is 6.57 Å². The maximum Gasteiger partial charge on any atom is 0.222 e. The Labute approximate surface area is 53.2 Å². The number of nitrogens with zero attached hydrogens (tertiary/aromatic N) is 3. The summed E-state index contributed by atoms with van der Waals surface area (Å²) in [5.41, 5.74) is 0.407. The molecule has 1 aromatic rings. The van der Waals surface area contributed by atoms with Crippen LogP contribution in [0.25, 0.3) is 4.85 Å². The average Bonchev–Trinajstić information content (AvgIpc) is 1.90. The van der Waals surface area contributed by atoms with Crippen LogP contribution in [0.4, 0.5) is 5.69 Å². The van der Waals surface area contributed by atoms with Crippen molar-refractivity contribution >= 4 is 5.69 Å². The lowest BCUT2D eigenvalue weighted by molar-refractivity contribution is 1.12. The molecule has 0 amide bonds. The Kier molecular flexibility index (Phi) is 1.41. The van der Waals surface area contributed by atoms with Crippen LogP contribution >= 0.6 is 0 Å². The van der Waals surface area contributed by atoms with Gasteiger partial charge in [-0.05, 0) is 0 Å². The number of aromatic nitrogens is 2. The van der Waals surface area contributed by atoms with Crippen molar-refractivity contribution < 1.29 is 0 Å². The molecule has 1 heterocycles. The smallest absolute Gasteiger partial charge is 0.222 e. The second-order valence-corrected chi connectivity index (χ2v) is 1.41. The van der Waals surface area contributed by atoms with Crippen LogP contribution in [-0.4, -0.2) is 9.97 Å². The fourth-order valence-corrected chi connectivity index (χ4v) is 0.389. The minimum absolute atomic E-state index is 0.197. The van der Waals surface area contributed by atoms with Crippen LogP contribution in [0.5, 0.6) is 0 Å². The van der Waals surface area contributed by atoms with Crippen LogP contribution in [0, 0.1) is 13.5 Å². The minimum Gasteiger partial charge on any atom is -0.253 e. The number of hydrogen-bond acceptors (Lipinski definition) is 2. The van der Waals surface area contributed by atoms with E-state index >= 15 is 0 Å². The van der Waals surface area contributed by atoms with Crippen molar-refractivity contribution in [3.63, 3.8) is 0 Å². The van der Waals surface area contributed by atoms with E-state index in [1.165, 1.54) is 12.4 Å². The number of rotatable bonds is 0. The molecule has 0 bridgehead atoms. The maximum absolute atomic E-state index is 6.52. The molecule has 0 aromatic carbocycles. The van der Waals surface area contributed by atoms with Gasteiger partial charge in [-0.3, -0.25) is 9.97 Å². The zero-order valence-electron chi connectivity index (χ0n) is 4.57. The Morgan fingerprint density at radius 3 is 2.44 bits per heavy atom. The summed E-state index contributed by atoms with van der Waals surface area (Å²) >= 11 is 0. The first kappa shape index (κ1) is 5.70. The Morgan fingerprint density at radius 2 is 2.00 bits per heavy atom. The van der Waals surface area contributed by atoms with E-state index in [9.17, 15) is 0 Å². The van der Waals surface area contributed by atoms with E-state index in [0.717, 1.165) is 0 Å². The highest BCUT2D eigenvalue weighted by Gasteiger charge is 1.88. The fraction of sp³-hybridized carbons (Fsp3) is 0. The lowest BCUT2D eigenvalue weighted by Gasteiger charge is -1.86. The molecule has 0 aliphatic rings. The molecule has 42 valence electrons. The van der Waals surface area contributed by atoms with Crippen molar-refractivity contribution in [3.8, 4) is 0 Å². The van der Waals surface area contributed by atoms with Crippen LogP contribution in [-0.2, 0) is 0 Å². The van der Waals surface area contributed by atoms with Crippen LogP contribution in [0.1, 0.15) is 5.82 Å². The molecule has 0 atom stereocenters. The molecule has 2 radical (unpaired) electrons. The second kappa shape index (κ2) is 2.23. The molecule has 1 aromatic heterocycles. The Hall–Kier alpha value is -1.43. The molecule has 3 nitrogen and oxygen atoms in total. The third kappa shape index (κ3) is 1.23. The third-order valence-electron chi connectivity index (χ3n) is 0.787. The normalized spacial score (nSPS) is 8.44. The van der Waals surface area contributed by atoms with Gasteiger partial charge in [0.2, 0.25) is 5.69 Å². The SMILES string of the molecule is [C-]#[N+]c1cnc([CH])nc1. The summed E-state index contributed by atoms with van der Waals surface area (Å²) in [5, 5.41) is 0. The molecule has 0 N–H and O–H groups in total. The van der Waals surface area contributed by atoms with E-state index in [-0.39, 0.29) is 5.82 Å². The summed E-state index contributed by atoms with van der Waals surface area (Å²) in [5.74, 6) is 0.197. The Balaban J connectivity index is 3.06. The zero-order chi connectivity index (χ0) is 6.69. The highest BCUT2D eigenvalue weighted by atomic mass is 14.9. The van der Waals surface area contributed by atoms with Crippen LogP contribution in [0.15, 0.2) is 12.4 Å². The zero-order valence-corrected chi connectivity index (χ0v) is 4.57. The molecular weight excluding hydrogens is 114 g/mol. The Morgan fingerprint density at radius 1 is 1.44 bits per heavy atom. The molecule has 1 rings (SSSR count). The third-order valence-corrected chi connectivity index (χ3v) is 0.787. The van der Waals surface area contributed by atoms with Crippen LogP contribution in [0.2, 0.25) is 0 Å². The average molecular weight is 117 g/mol. The Bertz CT molecular complexity index is 231. The van der Waals surface area contributed by atoms with E-state index in [2.05, 4.69) is 14.8 Å². The summed E-state index contributed by atoms with van der Waals surface area (Å²) in [6.07, 6.45) is 2.77. The molecule has 3 heteroatoms. The van der Waals surface area contributed by atoms with Crippen molar-refractivity contribution in [1.29, 1.82) is 0 Å². The van der Waals surface area contributed by atoms with E-state index in [1.807, 2.05) is 0 Å². The van der Waals surface area contributed by atoms with E-state index in [1.54, 1.807) is 0 Å². The topological polar surface area (TPSA) is 30.1 Å². The van der Waals surface area contributed by atoms with Crippen LogP contribution < -0.4 is 0 Å². The molecule has 0 fully saturated rings. The lowest BCUT2D eigenvalue weighted by atomic mass is 10.5. The summed E-state index contributed by atoms with van der Waals surface area (Å²) < 4.78 is 0. The fourth-order valence-electron chi connectivity index (χ4n) is 0.389. The van der Waals surface area contributed by atoms with E-state index in [4.69, 9.17) is 13.5 Å². The standard InChI is InChI=1S/C6H3N3/c1-5-8-3-6(7-2)4-9-5/h1,3-4H. The van der Waals surface area contributed by atoms with Gasteiger partial charge in [0.15, 0.2) is 0 Å². The molecule has 0 saturated heterocycles. The van der Waals surface area contributed by atoms with Gasteiger partial charge < -0.3 is 0 Å². The minimum atomic E-state index is 0.197. The van der Waals surface area contributed by atoms with Gasteiger partial charge in [-0.25, -0.2) is 4.85 Å². The number of hydrogen-bond donors (Lipinski definition) is 0. The summed E-state index contributed by atoms with van der Waals surface area (Å²) in [6, 6.07) is 0. The maximum atomic E-state index is 6.52. The van der Waals surface area contributed by atoms with Crippen LogP contribution in [0.3, 0.4) is 0 Å². The summed E-state index contributed by atoms with van der Waals surface area (Å²) in [4.78, 5) is 10.3. The van der Waals surface area contributed by atoms with Gasteiger partial charge in [0.25, 0.3) is 0 Å². The van der Waals surface area contributed by atoms with E-state index < -0.39 is 0 Å². The molecule has 9 heavy (non-hydrogen) atoms. The molecule has 0 spiro atoms.